The van der Waals surface area contributed by atoms with Crippen molar-refractivity contribution in [3.8, 4) is 5.82 Å². The zero-order valence-corrected chi connectivity index (χ0v) is 14.8. The van der Waals surface area contributed by atoms with Gasteiger partial charge in [0.15, 0.2) is 11.5 Å². The van der Waals surface area contributed by atoms with E-state index in [4.69, 9.17) is 5.73 Å². The molecule has 138 valence electrons. The smallest absolute Gasteiger partial charge is 0.178 e. The summed E-state index contributed by atoms with van der Waals surface area (Å²) in [4.78, 5) is 8.49. The molecule has 0 unspecified atom stereocenters. The number of nitrogens with one attached hydrogen (secondary N) is 1. The largest absolute Gasteiger partial charge is 0.384 e. The Hall–Kier alpha value is -4.08. The molecule has 0 aliphatic rings. The van der Waals surface area contributed by atoms with Gasteiger partial charge in [0, 0.05) is 30.6 Å². The number of H-pyrrole nitrogens is 1. The molecule has 0 fully saturated rings. The summed E-state index contributed by atoms with van der Waals surface area (Å²) in [5.74, 6) is 1.21. The Balaban J connectivity index is 1.34. The second kappa shape index (κ2) is 6.58. The molecular formula is C18H16N10. The van der Waals surface area contributed by atoms with Gasteiger partial charge in [0.25, 0.3) is 0 Å². The Morgan fingerprint density at radius 3 is 2.89 bits per heavy atom. The highest BCUT2D eigenvalue weighted by atomic mass is 15.3. The minimum atomic E-state index is 0.433. The molecule has 0 spiro atoms. The van der Waals surface area contributed by atoms with Crippen LogP contribution >= 0.6 is 0 Å². The van der Waals surface area contributed by atoms with Crippen molar-refractivity contribution in [2.45, 2.75) is 13.0 Å². The lowest BCUT2D eigenvalue weighted by Crippen LogP contribution is -2.00. The maximum absolute atomic E-state index is 5.87. The van der Waals surface area contributed by atoms with E-state index < -0.39 is 0 Å². The predicted octanol–water partition coefficient (Wildman–Crippen LogP) is 1.35. The molecule has 0 atom stereocenters. The Labute approximate surface area is 159 Å². The van der Waals surface area contributed by atoms with Gasteiger partial charge in [0.2, 0.25) is 0 Å². The van der Waals surface area contributed by atoms with Gasteiger partial charge >= 0.3 is 0 Å². The molecular weight excluding hydrogens is 356 g/mol. The molecule has 3 N–H and O–H groups in total. The Bertz CT molecular complexity index is 1230. The van der Waals surface area contributed by atoms with Crippen LogP contribution < -0.4 is 5.73 Å². The van der Waals surface area contributed by atoms with E-state index in [2.05, 4.69) is 35.6 Å². The number of nitrogen functional groups attached to an aromatic ring is 1. The summed E-state index contributed by atoms with van der Waals surface area (Å²) in [7, 11) is 0. The summed E-state index contributed by atoms with van der Waals surface area (Å²) in [6, 6.07) is 7.54. The number of nitrogens with two attached hydrogens (primary N) is 1. The van der Waals surface area contributed by atoms with E-state index in [0.717, 1.165) is 28.0 Å². The van der Waals surface area contributed by atoms with E-state index in [1.807, 2.05) is 53.7 Å². The van der Waals surface area contributed by atoms with E-state index in [0.29, 0.717) is 24.4 Å². The number of rotatable bonds is 5. The lowest BCUT2D eigenvalue weighted by molar-refractivity contribution is 0.686. The molecule has 0 aromatic carbocycles. The van der Waals surface area contributed by atoms with Crippen LogP contribution in [0.2, 0.25) is 0 Å². The molecule has 10 heteroatoms. The van der Waals surface area contributed by atoms with E-state index in [1.165, 1.54) is 0 Å². The van der Waals surface area contributed by atoms with Crippen molar-refractivity contribution >= 4 is 17.0 Å². The highest BCUT2D eigenvalue weighted by Gasteiger charge is 2.10. The summed E-state index contributed by atoms with van der Waals surface area (Å²) in [5.41, 5.74) is 10.2. The minimum Gasteiger partial charge on any atom is -0.384 e. The molecule has 0 amide bonds. The van der Waals surface area contributed by atoms with Crippen molar-refractivity contribution in [1.82, 2.24) is 44.9 Å². The van der Waals surface area contributed by atoms with Crippen LogP contribution in [0.15, 0.2) is 55.2 Å². The first-order chi connectivity index (χ1) is 13.7. The van der Waals surface area contributed by atoms with Gasteiger partial charge < -0.3 is 5.73 Å². The third-order valence-corrected chi connectivity index (χ3v) is 4.34. The van der Waals surface area contributed by atoms with Crippen molar-refractivity contribution in [1.29, 1.82) is 0 Å². The van der Waals surface area contributed by atoms with Crippen LogP contribution in [-0.2, 0) is 13.0 Å². The second-order valence-corrected chi connectivity index (χ2v) is 6.42. The standard InChI is InChI=1S/C18H16N10/c19-15-6-14(17-18(23-15)25-26-24-17)5-12-7-21-27(9-12)10-13-8-22-28(11-13)16-3-1-2-4-20-16/h1-4,6-9,11H,5,10H2,(H3,19,23,24,25,26). The first-order valence-electron chi connectivity index (χ1n) is 8.67. The molecule has 0 aliphatic carbocycles. The van der Waals surface area contributed by atoms with Crippen LogP contribution in [0.3, 0.4) is 0 Å². The maximum Gasteiger partial charge on any atom is 0.178 e. The third-order valence-electron chi connectivity index (χ3n) is 4.34. The van der Waals surface area contributed by atoms with Crippen LogP contribution in [-0.4, -0.2) is 44.9 Å². The summed E-state index contributed by atoms with van der Waals surface area (Å²) in [5, 5.41) is 19.5. The molecule has 0 saturated heterocycles. The average Bonchev–Trinajstić information content (AvgIpc) is 3.44. The molecule has 5 heterocycles. The summed E-state index contributed by atoms with van der Waals surface area (Å²) in [6.07, 6.45) is 9.99. The number of aromatic amines is 1. The first kappa shape index (κ1) is 16.1. The number of hydrogen-bond acceptors (Lipinski definition) is 7. The maximum atomic E-state index is 5.87. The normalized spacial score (nSPS) is 11.3. The zero-order valence-electron chi connectivity index (χ0n) is 14.8. The average molecular weight is 372 g/mol. The van der Waals surface area contributed by atoms with Gasteiger partial charge in [-0.2, -0.15) is 10.2 Å². The van der Waals surface area contributed by atoms with Crippen LogP contribution in [0.25, 0.3) is 17.0 Å². The van der Waals surface area contributed by atoms with E-state index in [1.54, 1.807) is 10.9 Å². The van der Waals surface area contributed by atoms with Gasteiger partial charge in [-0.3, -0.25) is 4.68 Å². The fourth-order valence-electron chi connectivity index (χ4n) is 3.11. The van der Waals surface area contributed by atoms with Gasteiger partial charge in [-0.25, -0.2) is 19.7 Å². The number of hydrogen-bond donors (Lipinski definition) is 2. The topological polar surface area (TPSA) is 129 Å². The van der Waals surface area contributed by atoms with Gasteiger partial charge in [-0.05, 0) is 29.3 Å². The minimum absolute atomic E-state index is 0.433. The summed E-state index contributed by atoms with van der Waals surface area (Å²) < 4.78 is 3.63. The molecule has 0 aliphatic heterocycles. The van der Waals surface area contributed by atoms with Crippen LogP contribution in [0.4, 0.5) is 5.82 Å². The highest BCUT2D eigenvalue weighted by Crippen LogP contribution is 2.19. The van der Waals surface area contributed by atoms with Gasteiger partial charge in [0.05, 0.1) is 18.9 Å². The fourth-order valence-corrected chi connectivity index (χ4v) is 3.11. The van der Waals surface area contributed by atoms with Crippen molar-refractivity contribution in [3.05, 3.63) is 71.9 Å². The van der Waals surface area contributed by atoms with E-state index >= 15 is 0 Å². The van der Waals surface area contributed by atoms with Gasteiger partial charge in [-0.15, -0.1) is 5.10 Å². The number of nitrogens with zero attached hydrogens (tertiary/aromatic N) is 8. The molecule has 0 radical (unpaired) electrons. The number of fused-ring (bicyclic) bond motifs is 1. The Morgan fingerprint density at radius 2 is 2.00 bits per heavy atom. The lowest BCUT2D eigenvalue weighted by Gasteiger charge is -2.01. The molecule has 10 nitrogen and oxygen atoms in total. The molecule has 0 bridgehead atoms. The molecule has 28 heavy (non-hydrogen) atoms. The second-order valence-electron chi connectivity index (χ2n) is 6.42. The van der Waals surface area contributed by atoms with Crippen molar-refractivity contribution in [2.24, 2.45) is 0 Å². The van der Waals surface area contributed by atoms with E-state index in [9.17, 15) is 0 Å². The SMILES string of the molecule is Nc1cc(Cc2cnn(Cc3cnn(-c4ccccn4)c3)c2)c2nn[nH]c2n1. The molecule has 5 aromatic rings. The quantitative estimate of drug-likeness (QED) is 0.476. The Morgan fingerprint density at radius 1 is 1.07 bits per heavy atom. The van der Waals surface area contributed by atoms with Crippen molar-refractivity contribution < 1.29 is 0 Å². The number of pyridine rings is 2. The monoisotopic (exact) mass is 372 g/mol. The first-order valence-corrected chi connectivity index (χ1v) is 8.67. The summed E-state index contributed by atoms with van der Waals surface area (Å²) >= 11 is 0. The van der Waals surface area contributed by atoms with Crippen LogP contribution in [0, 0.1) is 0 Å². The van der Waals surface area contributed by atoms with Crippen molar-refractivity contribution in [2.75, 3.05) is 5.73 Å². The predicted molar refractivity (Wildman–Crippen MR) is 102 cm³/mol. The number of aromatic nitrogens is 9. The third kappa shape index (κ3) is 3.07. The number of anilines is 1. The zero-order chi connectivity index (χ0) is 18.9. The van der Waals surface area contributed by atoms with Crippen LogP contribution in [0.1, 0.15) is 16.7 Å². The lowest BCUT2D eigenvalue weighted by atomic mass is 10.1. The molecule has 0 saturated carbocycles. The Kier molecular flexibility index (Phi) is 3.79. The molecule has 5 aromatic heterocycles. The highest BCUT2D eigenvalue weighted by molar-refractivity contribution is 5.76. The van der Waals surface area contributed by atoms with Gasteiger partial charge in [-0.1, -0.05) is 11.3 Å². The van der Waals surface area contributed by atoms with Gasteiger partial charge in [0.1, 0.15) is 11.3 Å². The van der Waals surface area contributed by atoms with E-state index in [-0.39, 0.29) is 0 Å². The fraction of sp³-hybridized carbons (Fsp3) is 0.111. The van der Waals surface area contributed by atoms with Crippen molar-refractivity contribution in [3.63, 3.8) is 0 Å². The van der Waals surface area contributed by atoms with Crippen LogP contribution in [0.5, 0.6) is 0 Å². The molecule has 5 rings (SSSR count). The summed E-state index contributed by atoms with van der Waals surface area (Å²) in [6.45, 7) is 0.616.